The first-order valence-corrected chi connectivity index (χ1v) is 12.4. The molecule has 2 atom stereocenters. The standard InChI is InChI=1S/C20H26F3N3O2.C5H6N2O2/c21-20(22,23)28-15-6-1-3-13(7-15)8-24-9-16-17-10-26(11-18(16)17)12-19(27)25-14-4-2-5-14;1-7-2-4(5(8)9)6-3-7/h1,3,6-7,14,16-18,24H,2,4-5,8-12H2,(H,25,27);2-3H,1H3,(H,8,9). The SMILES string of the molecule is Cn1cnc(C(=O)O)c1.O=C(CN1CC2C(CNCc3cccc(OC(F)(F)F)c3)C2C1)NC1CCC1. The Labute approximate surface area is 213 Å². The first-order chi connectivity index (χ1) is 17.6. The minimum absolute atomic E-state index is 0.0810. The molecular formula is C25H32F3N5O4. The van der Waals surface area contributed by atoms with Gasteiger partial charge in [-0.3, -0.25) is 9.69 Å². The van der Waals surface area contributed by atoms with Crippen molar-refractivity contribution in [1.82, 2.24) is 25.1 Å². The lowest BCUT2D eigenvalue weighted by Gasteiger charge is -2.28. The maximum Gasteiger partial charge on any atom is 0.573 e. The lowest BCUT2D eigenvalue weighted by molar-refractivity contribution is -0.274. The average Bonchev–Trinajstić information content (AvgIpc) is 3.12. The molecule has 0 radical (unpaired) electrons. The molecule has 12 heteroatoms. The van der Waals surface area contributed by atoms with Crippen LogP contribution in [0.4, 0.5) is 13.2 Å². The number of rotatable bonds is 9. The van der Waals surface area contributed by atoms with Gasteiger partial charge in [0.05, 0.1) is 12.9 Å². The number of alkyl halides is 3. The number of nitrogens with zero attached hydrogens (tertiary/aromatic N) is 3. The number of amides is 1. The fourth-order valence-electron chi connectivity index (χ4n) is 4.96. The predicted octanol–water partition coefficient (Wildman–Crippen LogP) is 2.64. The van der Waals surface area contributed by atoms with E-state index in [4.69, 9.17) is 5.11 Å². The van der Waals surface area contributed by atoms with Crippen LogP contribution in [-0.2, 0) is 18.4 Å². The third-order valence-electron chi connectivity index (χ3n) is 7.05. The Morgan fingerprint density at radius 2 is 1.95 bits per heavy atom. The number of nitrogens with one attached hydrogen (secondary N) is 2. The van der Waals surface area contributed by atoms with Gasteiger partial charge in [0.2, 0.25) is 5.91 Å². The number of carboxylic acids is 1. The van der Waals surface area contributed by atoms with Crippen LogP contribution in [-0.4, -0.2) is 70.0 Å². The maximum absolute atomic E-state index is 12.3. The molecule has 5 rings (SSSR count). The largest absolute Gasteiger partial charge is 0.573 e. The number of benzene rings is 1. The van der Waals surface area contributed by atoms with E-state index in [1.165, 1.54) is 31.1 Å². The number of fused-ring (bicyclic) bond motifs is 1. The molecule has 9 nitrogen and oxygen atoms in total. The molecule has 1 aromatic heterocycles. The van der Waals surface area contributed by atoms with Crippen molar-refractivity contribution >= 4 is 11.9 Å². The van der Waals surface area contributed by atoms with E-state index in [1.807, 2.05) is 0 Å². The maximum atomic E-state index is 12.3. The number of carbonyl (C=O) groups is 2. The van der Waals surface area contributed by atoms with Gasteiger partial charge in [-0.15, -0.1) is 13.2 Å². The molecule has 2 unspecified atom stereocenters. The summed E-state index contributed by atoms with van der Waals surface area (Å²) >= 11 is 0. The number of piperidine rings is 1. The number of carbonyl (C=O) groups excluding carboxylic acids is 1. The molecule has 3 fully saturated rings. The number of ether oxygens (including phenoxy) is 1. The van der Waals surface area contributed by atoms with E-state index in [0.717, 1.165) is 38.0 Å². The van der Waals surface area contributed by atoms with Crippen LogP contribution in [0.5, 0.6) is 5.75 Å². The van der Waals surface area contributed by atoms with Crippen LogP contribution in [0.15, 0.2) is 36.8 Å². The van der Waals surface area contributed by atoms with Crippen LogP contribution < -0.4 is 15.4 Å². The predicted molar refractivity (Wildman–Crippen MR) is 128 cm³/mol. The molecule has 202 valence electrons. The molecule has 1 saturated heterocycles. The van der Waals surface area contributed by atoms with Gasteiger partial charge in [-0.05, 0) is 61.3 Å². The minimum Gasteiger partial charge on any atom is -0.476 e. The van der Waals surface area contributed by atoms with Crippen LogP contribution in [0, 0.1) is 17.8 Å². The summed E-state index contributed by atoms with van der Waals surface area (Å²) in [5.41, 5.74) is 0.847. The van der Waals surface area contributed by atoms with Crippen LogP contribution in [0.2, 0.25) is 0 Å². The van der Waals surface area contributed by atoms with Gasteiger partial charge in [0.1, 0.15) is 5.75 Å². The van der Waals surface area contributed by atoms with Gasteiger partial charge < -0.3 is 25.0 Å². The summed E-state index contributed by atoms with van der Waals surface area (Å²) in [5, 5.41) is 14.7. The van der Waals surface area contributed by atoms with Gasteiger partial charge in [0, 0.05) is 38.9 Å². The molecule has 0 spiro atoms. The molecule has 2 aromatic rings. The summed E-state index contributed by atoms with van der Waals surface area (Å²) in [5.74, 6) is 0.816. The van der Waals surface area contributed by atoms with Crippen molar-refractivity contribution in [3.8, 4) is 5.75 Å². The Hall–Kier alpha value is -3.12. The Kier molecular flexibility index (Phi) is 8.38. The highest BCUT2D eigenvalue weighted by atomic mass is 19.4. The minimum atomic E-state index is -4.67. The molecule has 37 heavy (non-hydrogen) atoms. The van der Waals surface area contributed by atoms with Crippen LogP contribution in [0.1, 0.15) is 35.3 Å². The molecule has 2 saturated carbocycles. The highest BCUT2D eigenvalue weighted by Gasteiger charge is 2.55. The molecule has 3 N–H and O–H groups in total. The number of halogens is 3. The van der Waals surface area contributed by atoms with Crippen molar-refractivity contribution < 1.29 is 32.6 Å². The summed E-state index contributed by atoms with van der Waals surface area (Å²) < 4.78 is 42.4. The molecule has 2 aliphatic carbocycles. The quantitative estimate of drug-likeness (QED) is 0.464. The third-order valence-corrected chi connectivity index (χ3v) is 7.05. The fraction of sp³-hybridized carbons (Fsp3) is 0.560. The van der Waals surface area contributed by atoms with Crippen molar-refractivity contribution in [2.75, 3.05) is 26.2 Å². The summed E-state index contributed by atoms with van der Waals surface area (Å²) in [6.45, 7) is 3.78. The van der Waals surface area contributed by atoms with E-state index in [0.29, 0.717) is 36.9 Å². The zero-order valence-corrected chi connectivity index (χ0v) is 20.6. The Balaban J connectivity index is 0.000000301. The van der Waals surface area contributed by atoms with Crippen molar-refractivity contribution in [2.24, 2.45) is 24.8 Å². The number of aromatic carboxylic acids is 1. The van der Waals surface area contributed by atoms with Crippen molar-refractivity contribution in [3.05, 3.63) is 48.0 Å². The monoisotopic (exact) mass is 523 g/mol. The summed E-state index contributed by atoms with van der Waals surface area (Å²) in [4.78, 5) is 28.0. The smallest absolute Gasteiger partial charge is 0.476 e. The van der Waals surface area contributed by atoms with Gasteiger partial charge in [-0.1, -0.05) is 12.1 Å². The second-order valence-electron chi connectivity index (χ2n) is 9.94. The number of imidazole rings is 1. The number of hydrogen-bond acceptors (Lipinski definition) is 6. The molecule has 0 bridgehead atoms. The average molecular weight is 524 g/mol. The molecule has 1 amide bonds. The van der Waals surface area contributed by atoms with Crippen LogP contribution in [0.3, 0.4) is 0 Å². The highest BCUT2D eigenvalue weighted by molar-refractivity contribution is 5.84. The van der Waals surface area contributed by atoms with E-state index >= 15 is 0 Å². The first-order valence-electron chi connectivity index (χ1n) is 12.4. The Bertz CT molecular complexity index is 1080. The van der Waals surface area contributed by atoms with Gasteiger partial charge in [-0.2, -0.15) is 0 Å². The van der Waals surface area contributed by atoms with E-state index in [2.05, 4.69) is 25.3 Å². The number of carboxylic acid groups (broad SMARTS) is 1. The molecular weight excluding hydrogens is 491 g/mol. The van der Waals surface area contributed by atoms with Crippen molar-refractivity contribution in [1.29, 1.82) is 0 Å². The van der Waals surface area contributed by atoms with Gasteiger partial charge >= 0.3 is 12.3 Å². The number of hydrogen-bond donors (Lipinski definition) is 3. The molecule has 1 aromatic carbocycles. The van der Waals surface area contributed by atoms with E-state index in [9.17, 15) is 22.8 Å². The van der Waals surface area contributed by atoms with Gasteiger partial charge in [0.15, 0.2) is 5.69 Å². The zero-order chi connectivity index (χ0) is 26.6. The van der Waals surface area contributed by atoms with Crippen LogP contribution >= 0.6 is 0 Å². The lowest BCUT2D eigenvalue weighted by Crippen LogP contribution is -2.45. The lowest BCUT2D eigenvalue weighted by atomic mass is 9.93. The fourth-order valence-corrected chi connectivity index (χ4v) is 4.96. The topological polar surface area (TPSA) is 109 Å². The van der Waals surface area contributed by atoms with E-state index in [1.54, 1.807) is 23.7 Å². The zero-order valence-electron chi connectivity index (χ0n) is 20.6. The number of likely N-dealkylation sites (tertiary alicyclic amines) is 1. The Morgan fingerprint density at radius 3 is 2.49 bits per heavy atom. The van der Waals surface area contributed by atoms with Crippen LogP contribution in [0.25, 0.3) is 0 Å². The van der Waals surface area contributed by atoms with E-state index in [-0.39, 0.29) is 17.4 Å². The normalized spacial score (nSPS) is 22.9. The number of aromatic nitrogens is 2. The van der Waals surface area contributed by atoms with E-state index < -0.39 is 12.3 Å². The highest BCUT2D eigenvalue weighted by Crippen LogP contribution is 2.51. The summed E-state index contributed by atoms with van der Waals surface area (Å²) in [6, 6.07) is 6.46. The molecule has 1 aliphatic heterocycles. The first kappa shape index (κ1) is 26.9. The van der Waals surface area contributed by atoms with Crippen molar-refractivity contribution in [3.63, 3.8) is 0 Å². The second kappa shape index (κ2) is 11.5. The van der Waals surface area contributed by atoms with Gasteiger partial charge in [-0.25, -0.2) is 9.78 Å². The molecule has 2 heterocycles. The summed E-state index contributed by atoms with van der Waals surface area (Å²) in [7, 11) is 1.72. The van der Waals surface area contributed by atoms with Crippen molar-refractivity contribution in [2.45, 2.75) is 38.2 Å². The second-order valence-corrected chi connectivity index (χ2v) is 9.94. The molecule has 3 aliphatic rings. The summed E-state index contributed by atoms with van der Waals surface area (Å²) in [6.07, 6.45) is 1.66. The van der Waals surface area contributed by atoms with Gasteiger partial charge in [0.25, 0.3) is 0 Å². The third kappa shape index (κ3) is 7.93. The Morgan fingerprint density at radius 1 is 1.22 bits per heavy atom. The number of aryl methyl sites for hydroxylation is 1.